The number of anilines is 1. The average Bonchev–Trinajstić information content (AvgIpc) is 2.61. The third-order valence-electron chi connectivity index (χ3n) is 3.89. The molecule has 0 aromatic heterocycles. The lowest BCUT2D eigenvalue weighted by molar-refractivity contribution is 0.112. The van der Waals surface area contributed by atoms with Crippen LogP contribution in [0.2, 0.25) is 0 Å². The van der Waals surface area contributed by atoms with Crippen LogP contribution in [0.1, 0.15) is 35.3 Å². The van der Waals surface area contributed by atoms with E-state index in [9.17, 15) is 4.79 Å². The first-order valence-corrected chi connectivity index (χ1v) is 7.88. The van der Waals surface area contributed by atoms with Crippen molar-refractivity contribution in [3.05, 3.63) is 65.2 Å². The first-order valence-electron chi connectivity index (χ1n) is 7.88. The molecule has 23 heavy (non-hydrogen) atoms. The second-order valence-electron chi connectivity index (χ2n) is 5.18. The number of carbonyl (C=O) groups excluding carboxylic acids is 1. The highest BCUT2D eigenvalue weighted by atomic mass is 16.5. The van der Waals surface area contributed by atoms with Gasteiger partial charge in [-0.05, 0) is 43.7 Å². The maximum Gasteiger partial charge on any atom is 0.150 e. The summed E-state index contributed by atoms with van der Waals surface area (Å²) in [6.45, 7) is 6.10. The van der Waals surface area contributed by atoms with Crippen LogP contribution in [-0.2, 0) is 4.74 Å². The smallest absolute Gasteiger partial charge is 0.150 e. The summed E-state index contributed by atoms with van der Waals surface area (Å²) in [7, 11) is 1.65. The molecule has 0 radical (unpaired) electrons. The number of methoxy groups -OCH3 is 1. The van der Waals surface area contributed by atoms with E-state index in [4.69, 9.17) is 4.74 Å². The van der Waals surface area contributed by atoms with Gasteiger partial charge in [0, 0.05) is 29.9 Å². The summed E-state index contributed by atoms with van der Waals surface area (Å²) in [4.78, 5) is 13.6. The number of aldehydes is 1. The highest BCUT2D eigenvalue weighted by Crippen LogP contribution is 2.24. The second-order valence-corrected chi connectivity index (χ2v) is 5.18. The number of rotatable bonds is 7. The minimum absolute atomic E-state index is 0.659. The molecule has 0 bridgehead atoms. The Balaban J connectivity index is 2.49. The fraction of sp³-hybridized carbons (Fsp3) is 0.250. The Hall–Kier alpha value is -2.55. The first kappa shape index (κ1) is 16.8. The number of benzene rings is 2. The van der Waals surface area contributed by atoms with Gasteiger partial charge in [0.15, 0.2) is 6.29 Å². The standard InChI is InChI=1S/C20H23NO2/c1-4-21(5-2)19-12-11-17(15-22)18(13-19)14-20(23-3)16-9-7-6-8-10-16/h6-15H,4-5H2,1-3H3/b20-14+. The van der Waals surface area contributed by atoms with Gasteiger partial charge in [0.2, 0.25) is 0 Å². The van der Waals surface area contributed by atoms with Crippen molar-refractivity contribution in [2.45, 2.75) is 13.8 Å². The van der Waals surface area contributed by atoms with Gasteiger partial charge in [-0.1, -0.05) is 30.3 Å². The van der Waals surface area contributed by atoms with Crippen molar-refractivity contribution in [2.75, 3.05) is 25.1 Å². The minimum atomic E-state index is 0.659. The highest BCUT2D eigenvalue weighted by molar-refractivity contribution is 5.88. The maximum absolute atomic E-state index is 11.4. The highest BCUT2D eigenvalue weighted by Gasteiger charge is 2.08. The minimum Gasteiger partial charge on any atom is -0.496 e. The molecule has 0 aliphatic rings. The Morgan fingerprint density at radius 3 is 2.30 bits per heavy atom. The van der Waals surface area contributed by atoms with Gasteiger partial charge >= 0.3 is 0 Å². The molecule has 0 N–H and O–H groups in total. The largest absolute Gasteiger partial charge is 0.496 e. The van der Waals surface area contributed by atoms with Gasteiger partial charge in [0.1, 0.15) is 5.76 Å². The molecule has 0 fully saturated rings. The molecule has 120 valence electrons. The van der Waals surface area contributed by atoms with Gasteiger partial charge in [-0.3, -0.25) is 4.79 Å². The Bertz CT molecular complexity index is 673. The molecule has 2 aromatic rings. The predicted octanol–water partition coefficient (Wildman–Crippen LogP) is 4.49. The molecule has 0 saturated heterocycles. The van der Waals surface area contributed by atoms with Gasteiger partial charge in [0.25, 0.3) is 0 Å². The van der Waals surface area contributed by atoms with Crippen LogP contribution in [0.25, 0.3) is 11.8 Å². The summed E-state index contributed by atoms with van der Waals surface area (Å²) < 4.78 is 5.52. The third kappa shape index (κ3) is 4.01. The van der Waals surface area contributed by atoms with Crippen molar-refractivity contribution in [1.82, 2.24) is 0 Å². The molecule has 0 amide bonds. The number of hydrogen-bond acceptors (Lipinski definition) is 3. The van der Waals surface area contributed by atoms with Crippen LogP contribution >= 0.6 is 0 Å². The second kappa shape index (κ2) is 8.18. The third-order valence-corrected chi connectivity index (χ3v) is 3.89. The maximum atomic E-state index is 11.4. The Morgan fingerprint density at radius 1 is 1.04 bits per heavy atom. The lowest BCUT2D eigenvalue weighted by Crippen LogP contribution is -2.21. The van der Waals surface area contributed by atoms with Gasteiger partial charge in [-0.15, -0.1) is 0 Å². The van der Waals surface area contributed by atoms with Crippen molar-refractivity contribution in [3.8, 4) is 0 Å². The van der Waals surface area contributed by atoms with E-state index < -0.39 is 0 Å². The van der Waals surface area contributed by atoms with Crippen molar-refractivity contribution >= 4 is 23.8 Å². The first-order chi connectivity index (χ1) is 11.2. The van der Waals surface area contributed by atoms with Gasteiger partial charge in [-0.2, -0.15) is 0 Å². The number of hydrogen-bond donors (Lipinski definition) is 0. The van der Waals surface area contributed by atoms with Gasteiger partial charge in [0.05, 0.1) is 7.11 Å². The molecular weight excluding hydrogens is 286 g/mol. The quantitative estimate of drug-likeness (QED) is 0.429. The molecule has 0 atom stereocenters. The fourth-order valence-corrected chi connectivity index (χ4v) is 2.58. The fourth-order valence-electron chi connectivity index (χ4n) is 2.58. The van der Waals surface area contributed by atoms with E-state index in [1.807, 2.05) is 54.6 Å². The zero-order valence-corrected chi connectivity index (χ0v) is 14.0. The van der Waals surface area contributed by atoms with E-state index >= 15 is 0 Å². The predicted molar refractivity (Wildman–Crippen MR) is 96.7 cm³/mol. The summed E-state index contributed by atoms with van der Waals surface area (Å²) in [6, 6.07) is 15.8. The molecule has 3 nitrogen and oxygen atoms in total. The Labute approximate surface area is 138 Å². The summed E-state index contributed by atoms with van der Waals surface area (Å²) in [5.74, 6) is 0.741. The summed E-state index contributed by atoms with van der Waals surface area (Å²) >= 11 is 0. The molecule has 0 saturated carbocycles. The van der Waals surface area contributed by atoms with Crippen LogP contribution in [0.4, 0.5) is 5.69 Å². The van der Waals surface area contributed by atoms with Crippen molar-refractivity contribution < 1.29 is 9.53 Å². The summed E-state index contributed by atoms with van der Waals surface area (Å²) in [5.41, 5.74) is 3.62. The molecule has 2 aromatic carbocycles. The molecular formula is C20H23NO2. The van der Waals surface area contributed by atoms with Crippen molar-refractivity contribution in [2.24, 2.45) is 0 Å². The number of ether oxygens (including phenoxy) is 1. The molecule has 0 heterocycles. The number of nitrogens with zero attached hydrogens (tertiary/aromatic N) is 1. The van der Waals surface area contributed by atoms with Crippen LogP contribution in [0.3, 0.4) is 0 Å². The lowest BCUT2D eigenvalue weighted by atomic mass is 10.0. The molecule has 0 aliphatic carbocycles. The summed E-state index contributed by atoms with van der Waals surface area (Å²) in [5, 5.41) is 0. The van der Waals surface area contributed by atoms with Gasteiger partial charge in [-0.25, -0.2) is 0 Å². The normalized spacial score (nSPS) is 11.2. The van der Waals surface area contributed by atoms with E-state index in [0.717, 1.165) is 41.9 Å². The topological polar surface area (TPSA) is 29.5 Å². The summed E-state index contributed by atoms with van der Waals surface area (Å²) in [6.07, 6.45) is 2.81. The molecule has 0 spiro atoms. The molecule has 0 unspecified atom stereocenters. The molecule has 0 aliphatic heterocycles. The van der Waals surface area contributed by atoms with E-state index in [0.29, 0.717) is 5.56 Å². The van der Waals surface area contributed by atoms with E-state index in [-0.39, 0.29) is 0 Å². The van der Waals surface area contributed by atoms with Crippen LogP contribution in [0, 0.1) is 0 Å². The Morgan fingerprint density at radius 2 is 1.74 bits per heavy atom. The van der Waals surface area contributed by atoms with Gasteiger partial charge < -0.3 is 9.64 Å². The monoisotopic (exact) mass is 309 g/mol. The SMILES string of the molecule is CCN(CC)c1ccc(C=O)c(/C=C(/OC)c2ccccc2)c1. The Kier molecular flexibility index (Phi) is 5.98. The van der Waals surface area contributed by atoms with E-state index in [1.54, 1.807) is 7.11 Å². The van der Waals surface area contributed by atoms with Crippen LogP contribution in [0.5, 0.6) is 0 Å². The van der Waals surface area contributed by atoms with Crippen molar-refractivity contribution in [1.29, 1.82) is 0 Å². The van der Waals surface area contributed by atoms with E-state index in [1.165, 1.54) is 0 Å². The van der Waals surface area contributed by atoms with Crippen LogP contribution in [-0.4, -0.2) is 26.5 Å². The molecule has 2 rings (SSSR count). The number of carbonyl (C=O) groups is 1. The zero-order valence-electron chi connectivity index (χ0n) is 14.0. The lowest BCUT2D eigenvalue weighted by Gasteiger charge is -2.22. The van der Waals surface area contributed by atoms with Crippen molar-refractivity contribution in [3.63, 3.8) is 0 Å². The molecule has 3 heteroatoms. The van der Waals surface area contributed by atoms with Crippen LogP contribution in [0.15, 0.2) is 48.5 Å². The van der Waals surface area contributed by atoms with E-state index in [2.05, 4.69) is 18.7 Å². The average molecular weight is 309 g/mol. The van der Waals surface area contributed by atoms with Crippen LogP contribution < -0.4 is 4.90 Å². The zero-order chi connectivity index (χ0) is 16.7.